The van der Waals surface area contributed by atoms with Crippen molar-refractivity contribution >= 4 is 40.2 Å². The smallest absolute Gasteiger partial charge is 0.230 e. The zero-order valence-corrected chi connectivity index (χ0v) is 18.2. The van der Waals surface area contributed by atoms with Crippen LogP contribution in [0.5, 0.6) is 5.75 Å². The molecule has 1 aromatic heterocycles. The number of thiazole rings is 1. The molecular formula is C22H21ClN4O2S. The molecule has 4 rings (SSSR count). The Morgan fingerprint density at radius 1 is 1.23 bits per heavy atom. The third-order valence-electron chi connectivity index (χ3n) is 4.96. The molecule has 1 aliphatic rings. The Labute approximate surface area is 184 Å². The van der Waals surface area contributed by atoms with Gasteiger partial charge in [0.25, 0.3) is 0 Å². The minimum atomic E-state index is -0.261. The van der Waals surface area contributed by atoms with Gasteiger partial charge < -0.3 is 9.64 Å². The molecule has 0 N–H and O–H groups in total. The third-order valence-corrected chi connectivity index (χ3v) is 6.63. The van der Waals surface area contributed by atoms with Crippen molar-refractivity contribution < 1.29 is 9.53 Å². The first-order chi connectivity index (χ1) is 14.6. The van der Waals surface area contributed by atoms with Crippen LogP contribution in [-0.4, -0.2) is 36.3 Å². The quantitative estimate of drug-likeness (QED) is 0.497. The number of halogens is 1. The van der Waals surface area contributed by atoms with Crippen molar-refractivity contribution in [3.63, 3.8) is 0 Å². The minimum absolute atomic E-state index is 0.261. The van der Waals surface area contributed by atoms with Gasteiger partial charge in [0.05, 0.1) is 23.7 Å². The number of carbonyl (C=O) groups is 1. The van der Waals surface area contributed by atoms with Crippen LogP contribution in [0, 0.1) is 0 Å². The van der Waals surface area contributed by atoms with E-state index in [0.717, 1.165) is 40.0 Å². The van der Waals surface area contributed by atoms with Crippen molar-refractivity contribution in [2.75, 3.05) is 19.1 Å². The van der Waals surface area contributed by atoms with E-state index in [0.29, 0.717) is 11.6 Å². The molecule has 3 aromatic rings. The Morgan fingerprint density at radius 3 is 2.63 bits per heavy atom. The first-order valence-corrected chi connectivity index (χ1v) is 10.7. The molecule has 8 heteroatoms. The summed E-state index contributed by atoms with van der Waals surface area (Å²) in [6.45, 7) is 0.722. The number of methoxy groups -OCH3 is 1. The summed E-state index contributed by atoms with van der Waals surface area (Å²) in [4.78, 5) is 19.1. The van der Waals surface area contributed by atoms with Crippen LogP contribution in [0.15, 0.2) is 59.7 Å². The summed E-state index contributed by atoms with van der Waals surface area (Å²) in [5.74, 6) is 0.776. The lowest BCUT2D eigenvalue weighted by Crippen LogP contribution is -2.16. The maximum atomic E-state index is 11.7. The molecule has 1 amide bonds. The Kier molecular flexibility index (Phi) is 6.01. The predicted molar refractivity (Wildman–Crippen MR) is 120 cm³/mol. The second kappa shape index (κ2) is 8.85. The lowest BCUT2D eigenvalue weighted by Gasteiger charge is -2.16. The van der Waals surface area contributed by atoms with Crippen LogP contribution in [0.4, 0.5) is 5.13 Å². The van der Waals surface area contributed by atoms with Crippen molar-refractivity contribution in [1.29, 1.82) is 0 Å². The van der Waals surface area contributed by atoms with Gasteiger partial charge in [0.1, 0.15) is 10.9 Å². The van der Waals surface area contributed by atoms with Gasteiger partial charge in [-0.15, -0.1) is 0 Å². The summed E-state index contributed by atoms with van der Waals surface area (Å²) in [5.41, 5.74) is 2.97. The number of carbonyl (C=O) groups excluding carboxylic acids is 1. The summed E-state index contributed by atoms with van der Waals surface area (Å²) in [6, 6.07) is 17.6. The molecule has 0 bridgehead atoms. The molecule has 1 atom stereocenters. The van der Waals surface area contributed by atoms with Gasteiger partial charge in [-0.2, -0.15) is 5.10 Å². The molecule has 1 unspecified atom stereocenters. The van der Waals surface area contributed by atoms with Gasteiger partial charge in [-0.05, 0) is 35.4 Å². The number of aromatic nitrogens is 1. The summed E-state index contributed by atoms with van der Waals surface area (Å²) < 4.78 is 5.21. The Bertz CT molecular complexity index is 1050. The summed E-state index contributed by atoms with van der Waals surface area (Å²) in [7, 11) is 3.61. The molecule has 154 valence electrons. The third kappa shape index (κ3) is 4.17. The molecule has 2 aromatic carbocycles. The van der Waals surface area contributed by atoms with Gasteiger partial charge in [-0.1, -0.05) is 53.3 Å². The van der Waals surface area contributed by atoms with Crippen LogP contribution in [-0.2, 0) is 11.3 Å². The largest absolute Gasteiger partial charge is 0.497 e. The monoisotopic (exact) mass is 440 g/mol. The van der Waals surface area contributed by atoms with Gasteiger partial charge >= 0.3 is 0 Å². The number of rotatable bonds is 7. The molecule has 2 heterocycles. The topological polar surface area (TPSA) is 58.0 Å². The molecule has 1 aliphatic heterocycles. The number of hydrogen-bond donors (Lipinski definition) is 0. The standard InChI is InChI=1S/C22H21ClN4O2S/c1-26(13-15-6-4-3-5-7-15)22-24-21(23)20(30-22)19-12-18(25-27(19)14-28)16-8-10-17(29-2)11-9-16/h3-11,14,19H,12-13H2,1-2H3. The Hall–Kier alpha value is -2.90. The number of benzene rings is 2. The lowest BCUT2D eigenvalue weighted by atomic mass is 10.0. The van der Waals surface area contributed by atoms with Gasteiger partial charge in [0.15, 0.2) is 5.13 Å². The normalized spacial score (nSPS) is 15.8. The lowest BCUT2D eigenvalue weighted by molar-refractivity contribution is -0.119. The number of amides is 1. The second-order valence-corrected chi connectivity index (χ2v) is 8.34. The van der Waals surface area contributed by atoms with E-state index < -0.39 is 0 Å². The van der Waals surface area contributed by atoms with Crippen molar-refractivity contribution in [2.24, 2.45) is 5.10 Å². The van der Waals surface area contributed by atoms with Crippen molar-refractivity contribution in [2.45, 2.75) is 19.0 Å². The van der Waals surface area contributed by atoms with Crippen LogP contribution in [0.25, 0.3) is 0 Å². The zero-order chi connectivity index (χ0) is 21.1. The predicted octanol–water partition coefficient (Wildman–Crippen LogP) is 4.75. The molecule has 0 aliphatic carbocycles. The molecule has 0 fully saturated rings. The van der Waals surface area contributed by atoms with Gasteiger partial charge in [0.2, 0.25) is 6.41 Å². The second-order valence-electron chi connectivity index (χ2n) is 6.97. The number of hydrogen-bond acceptors (Lipinski definition) is 6. The molecule has 30 heavy (non-hydrogen) atoms. The number of nitrogens with zero attached hydrogens (tertiary/aromatic N) is 4. The van der Waals surface area contributed by atoms with Crippen LogP contribution in [0.2, 0.25) is 5.15 Å². The van der Waals surface area contributed by atoms with Crippen LogP contribution in [0.3, 0.4) is 0 Å². The van der Waals surface area contributed by atoms with E-state index in [1.807, 2.05) is 49.5 Å². The van der Waals surface area contributed by atoms with Gasteiger partial charge in [-0.3, -0.25) is 4.79 Å². The fourth-order valence-corrected chi connectivity index (χ4v) is 4.77. The van der Waals surface area contributed by atoms with Crippen molar-refractivity contribution in [3.05, 3.63) is 75.8 Å². The van der Waals surface area contributed by atoms with Crippen molar-refractivity contribution in [1.82, 2.24) is 9.99 Å². The fraction of sp³-hybridized carbons (Fsp3) is 0.227. The summed E-state index contributed by atoms with van der Waals surface area (Å²) in [6.07, 6.45) is 1.32. The molecule has 0 radical (unpaired) electrons. The maximum Gasteiger partial charge on any atom is 0.230 e. The van der Waals surface area contributed by atoms with Crippen LogP contribution in [0.1, 0.15) is 28.5 Å². The SMILES string of the molecule is COc1ccc(C2=NN(C=O)C(c3sc(N(C)Cc4ccccc4)nc3Cl)C2)cc1. The van der Waals surface area contributed by atoms with Gasteiger partial charge in [-0.25, -0.2) is 9.99 Å². The highest BCUT2D eigenvalue weighted by Gasteiger charge is 2.32. The highest BCUT2D eigenvalue weighted by atomic mass is 35.5. The van der Waals surface area contributed by atoms with E-state index in [1.165, 1.54) is 21.9 Å². The minimum Gasteiger partial charge on any atom is -0.497 e. The first kappa shape index (κ1) is 20.4. The first-order valence-electron chi connectivity index (χ1n) is 9.46. The van der Waals surface area contributed by atoms with E-state index in [4.69, 9.17) is 16.3 Å². The van der Waals surface area contributed by atoms with E-state index in [-0.39, 0.29) is 6.04 Å². The van der Waals surface area contributed by atoms with Crippen molar-refractivity contribution in [3.8, 4) is 5.75 Å². The van der Waals surface area contributed by atoms with E-state index in [9.17, 15) is 4.79 Å². The average Bonchev–Trinajstić information content (AvgIpc) is 3.38. The molecule has 6 nitrogen and oxygen atoms in total. The number of ether oxygens (including phenoxy) is 1. The molecule has 0 saturated carbocycles. The number of anilines is 1. The van der Waals surface area contributed by atoms with Crippen LogP contribution >= 0.6 is 22.9 Å². The van der Waals surface area contributed by atoms with E-state index >= 15 is 0 Å². The van der Waals surface area contributed by atoms with E-state index in [2.05, 4.69) is 27.1 Å². The number of hydrazone groups is 1. The molecular weight excluding hydrogens is 420 g/mol. The maximum absolute atomic E-state index is 11.7. The van der Waals surface area contributed by atoms with E-state index in [1.54, 1.807) is 7.11 Å². The van der Waals surface area contributed by atoms with Gasteiger partial charge in [0, 0.05) is 20.0 Å². The zero-order valence-electron chi connectivity index (χ0n) is 16.7. The fourth-order valence-electron chi connectivity index (χ4n) is 3.39. The summed E-state index contributed by atoms with van der Waals surface area (Å²) >= 11 is 7.99. The van der Waals surface area contributed by atoms with Crippen LogP contribution < -0.4 is 9.64 Å². The Balaban J connectivity index is 1.54. The average molecular weight is 441 g/mol. The Morgan fingerprint density at radius 2 is 1.97 bits per heavy atom. The molecule has 0 spiro atoms. The summed E-state index contributed by atoms with van der Waals surface area (Å²) in [5, 5.41) is 7.15. The highest BCUT2D eigenvalue weighted by Crippen LogP contribution is 2.41. The molecule has 0 saturated heterocycles. The highest BCUT2D eigenvalue weighted by molar-refractivity contribution is 7.16.